The second kappa shape index (κ2) is 2.92. The number of fused-ring (bicyclic) bond motifs is 2. The van der Waals surface area contributed by atoms with Crippen LogP contribution in [-0.2, 0) is 10.2 Å². The van der Waals surface area contributed by atoms with Gasteiger partial charge in [-0.25, -0.2) is 0 Å². The minimum absolute atomic E-state index is 0.126. The van der Waals surface area contributed by atoms with Gasteiger partial charge in [-0.05, 0) is 18.1 Å². The lowest BCUT2D eigenvalue weighted by Crippen LogP contribution is -2.43. The van der Waals surface area contributed by atoms with E-state index in [-0.39, 0.29) is 11.3 Å². The number of carbonyl (C=O) groups excluding carboxylic acids is 1. The molecule has 0 aliphatic carbocycles. The quantitative estimate of drug-likeness (QED) is 0.678. The van der Waals surface area contributed by atoms with Gasteiger partial charge in [-0.15, -0.1) is 0 Å². The molecule has 3 nitrogen and oxygen atoms in total. The van der Waals surface area contributed by atoms with Crippen LogP contribution in [0.3, 0.4) is 0 Å². The Morgan fingerprint density at radius 2 is 2.20 bits per heavy atom. The van der Waals surface area contributed by atoms with E-state index in [1.54, 1.807) is 0 Å². The van der Waals surface area contributed by atoms with E-state index in [0.717, 1.165) is 18.7 Å². The highest BCUT2D eigenvalue weighted by Gasteiger charge is 2.40. The molecule has 15 heavy (non-hydrogen) atoms. The zero-order valence-electron chi connectivity index (χ0n) is 8.36. The van der Waals surface area contributed by atoms with Crippen LogP contribution in [-0.4, -0.2) is 18.7 Å². The number of hydrogen-bond donors (Lipinski definition) is 1. The fourth-order valence-corrected chi connectivity index (χ4v) is 2.47. The van der Waals surface area contributed by atoms with Gasteiger partial charge in [0.05, 0.1) is 5.69 Å². The Morgan fingerprint density at radius 3 is 3.07 bits per heavy atom. The number of hydrogen-bond acceptors (Lipinski definition) is 2. The Kier molecular flexibility index (Phi) is 1.69. The van der Waals surface area contributed by atoms with Crippen LogP contribution < -0.4 is 5.32 Å². The number of amides is 1. The number of nitrogens with zero attached hydrogens (tertiary/aromatic N) is 1. The number of piperidine rings is 1. The second-order valence-electron chi connectivity index (χ2n) is 4.21. The van der Waals surface area contributed by atoms with E-state index in [4.69, 9.17) is 0 Å². The number of carbonyl (C=O) groups is 1. The summed E-state index contributed by atoms with van der Waals surface area (Å²) in [5.41, 5.74) is 2.10. The molecule has 2 aliphatic rings. The van der Waals surface area contributed by atoms with Gasteiger partial charge in [-0.2, -0.15) is 0 Å². The van der Waals surface area contributed by atoms with Crippen LogP contribution in [0.15, 0.2) is 29.3 Å². The predicted octanol–water partition coefficient (Wildman–Crippen LogP) is 1.55. The molecule has 2 heterocycles. The van der Waals surface area contributed by atoms with E-state index < -0.39 is 0 Å². The van der Waals surface area contributed by atoms with Crippen molar-refractivity contribution in [2.24, 2.45) is 4.99 Å². The highest BCUT2D eigenvalue weighted by Crippen LogP contribution is 2.42. The summed E-state index contributed by atoms with van der Waals surface area (Å²) in [7, 11) is 0. The fourth-order valence-electron chi connectivity index (χ4n) is 2.47. The molecule has 1 aromatic carbocycles. The highest BCUT2D eigenvalue weighted by molar-refractivity contribution is 5.92. The van der Waals surface area contributed by atoms with E-state index in [1.165, 1.54) is 5.56 Å². The second-order valence-corrected chi connectivity index (χ2v) is 4.21. The summed E-state index contributed by atoms with van der Waals surface area (Å²) >= 11 is 0. The third kappa shape index (κ3) is 1.19. The maximum Gasteiger partial charge on any atom is 0.221 e. The van der Waals surface area contributed by atoms with E-state index in [2.05, 4.69) is 16.4 Å². The molecule has 1 amide bonds. The molecule has 1 N–H and O–H groups in total. The number of para-hydroxylation sites is 1. The van der Waals surface area contributed by atoms with Crippen molar-refractivity contribution in [1.29, 1.82) is 0 Å². The highest BCUT2D eigenvalue weighted by atomic mass is 16.1. The summed E-state index contributed by atoms with van der Waals surface area (Å²) in [6.07, 6.45) is 3.45. The molecular formula is C12H12N2O. The molecule has 3 heteroatoms. The molecule has 0 saturated carbocycles. The Hall–Kier alpha value is -1.64. The molecule has 0 aromatic heterocycles. The van der Waals surface area contributed by atoms with Gasteiger partial charge in [-0.3, -0.25) is 9.79 Å². The zero-order valence-corrected chi connectivity index (χ0v) is 8.36. The van der Waals surface area contributed by atoms with Crippen molar-refractivity contribution in [3.05, 3.63) is 29.8 Å². The molecule has 0 bridgehead atoms. The number of rotatable bonds is 0. The van der Waals surface area contributed by atoms with Gasteiger partial charge >= 0.3 is 0 Å². The normalized spacial score (nSPS) is 27.9. The van der Waals surface area contributed by atoms with Gasteiger partial charge in [0.1, 0.15) is 0 Å². The van der Waals surface area contributed by atoms with Crippen LogP contribution in [0.2, 0.25) is 0 Å². The minimum atomic E-state index is -0.126. The molecule has 1 atom stereocenters. The molecule has 76 valence electrons. The van der Waals surface area contributed by atoms with E-state index in [1.807, 2.05) is 24.4 Å². The van der Waals surface area contributed by atoms with Gasteiger partial charge in [0.15, 0.2) is 0 Å². The minimum Gasteiger partial charge on any atom is -0.356 e. The molecule has 1 saturated heterocycles. The molecule has 1 spiro atoms. The molecule has 0 radical (unpaired) electrons. The standard InChI is InChI=1S/C12H12N2O/c15-11-7-12(5-6-13-11)8-14-10-4-2-1-3-9(10)12/h1-4,8H,5-7H2,(H,13,15). The monoisotopic (exact) mass is 200 g/mol. The molecule has 3 rings (SSSR count). The van der Waals surface area contributed by atoms with E-state index in [0.29, 0.717) is 6.42 Å². The maximum absolute atomic E-state index is 11.5. The van der Waals surface area contributed by atoms with Crippen LogP contribution in [0.1, 0.15) is 18.4 Å². The Morgan fingerprint density at radius 1 is 1.33 bits per heavy atom. The van der Waals surface area contributed by atoms with Crippen LogP contribution >= 0.6 is 0 Å². The van der Waals surface area contributed by atoms with E-state index >= 15 is 0 Å². The number of aliphatic imine (C=N–C) groups is 1. The summed E-state index contributed by atoms with van der Waals surface area (Å²) in [6, 6.07) is 8.09. The average molecular weight is 200 g/mol. The first-order valence-electron chi connectivity index (χ1n) is 5.22. The van der Waals surface area contributed by atoms with Gasteiger partial charge in [0, 0.05) is 24.6 Å². The SMILES string of the molecule is O=C1CC2(C=Nc3ccccc32)CCN1. The molecular weight excluding hydrogens is 188 g/mol. The largest absolute Gasteiger partial charge is 0.356 e. The molecule has 1 fully saturated rings. The smallest absolute Gasteiger partial charge is 0.221 e. The maximum atomic E-state index is 11.5. The van der Waals surface area contributed by atoms with Crippen LogP contribution in [0.25, 0.3) is 0 Å². The van der Waals surface area contributed by atoms with Crippen molar-refractivity contribution in [2.75, 3.05) is 6.54 Å². The average Bonchev–Trinajstić information content (AvgIpc) is 2.59. The summed E-state index contributed by atoms with van der Waals surface area (Å²) in [5, 5.41) is 2.86. The van der Waals surface area contributed by atoms with Crippen molar-refractivity contribution in [1.82, 2.24) is 5.32 Å². The van der Waals surface area contributed by atoms with Crippen LogP contribution in [0.5, 0.6) is 0 Å². The first kappa shape index (κ1) is 8.65. The Labute approximate surface area is 88.2 Å². The first-order chi connectivity index (χ1) is 7.30. The fraction of sp³-hybridized carbons (Fsp3) is 0.333. The number of nitrogens with one attached hydrogen (secondary N) is 1. The third-order valence-electron chi connectivity index (χ3n) is 3.26. The lowest BCUT2D eigenvalue weighted by Gasteiger charge is -2.31. The summed E-state index contributed by atoms with van der Waals surface area (Å²) in [4.78, 5) is 15.9. The zero-order chi connectivity index (χ0) is 10.3. The molecule has 2 aliphatic heterocycles. The summed E-state index contributed by atoms with van der Waals surface area (Å²) in [6.45, 7) is 0.749. The third-order valence-corrected chi connectivity index (χ3v) is 3.26. The first-order valence-corrected chi connectivity index (χ1v) is 5.22. The van der Waals surface area contributed by atoms with E-state index in [9.17, 15) is 4.79 Å². The van der Waals surface area contributed by atoms with Gasteiger partial charge in [0.25, 0.3) is 0 Å². The van der Waals surface area contributed by atoms with Crippen LogP contribution in [0.4, 0.5) is 5.69 Å². The van der Waals surface area contributed by atoms with Crippen molar-refractivity contribution < 1.29 is 4.79 Å². The van der Waals surface area contributed by atoms with Crippen molar-refractivity contribution in [3.63, 3.8) is 0 Å². The topological polar surface area (TPSA) is 41.5 Å². The molecule has 1 unspecified atom stereocenters. The van der Waals surface area contributed by atoms with Gasteiger partial charge < -0.3 is 5.32 Å². The van der Waals surface area contributed by atoms with Crippen molar-refractivity contribution in [3.8, 4) is 0 Å². The predicted molar refractivity (Wildman–Crippen MR) is 58.5 cm³/mol. The number of benzene rings is 1. The molecule has 1 aromatic rings. The summed E-state index contributed by atoms with van der Waals surface area (Å²) < 4.78 is 0. The summed E-state index contributed by atoms with van der Waals surface area (Å²) in [5.74, 6) is 0.129. The van der Waals surface area contributed by atoms with Crippen molar-refractivity contribution >= 4 is 17.8 Å². The lowest BCUT2D eigenvalue weighted by molar-refractivity contribution is -0.123. The Bertz CT molecular complexity index is 453. The van der Waals surface area contributed by atoms with Crippen molar-refractivity contribution in [2.45, 2.75) is 18.3 Å². The van der Waals surface area contributed by atoms with Crippen LogP contribution in [0, 0.1) is 0 Å². The Balaban J connectivity index is 2.08. The lowest BCUT2D eigenvalue weighted by atomic mass is 9.75. The van der Waals surface area contributed by atoms with Gasteiger partial charge in [0.2, 0.25) is 5.91 Å². The van der Waals surface area contributed by atoms with Gasteiger partial charge in [-0.1, -0.05) is 18.2 Å².